The molecule has 5 nitrogen and oxygen atoms in total. The van der Waals surface area contributed by atoms with E-state index in [1.807, 2.05) is 0 Å². The van der Waals surface area contributed by atoms with Crippen LogP contribution < -0.4 is 4.74 Å². The molecule has 0 amide bonds. The van der Waals surface area contributed by atoms with Crippen molar-refractivity contribution in [2.75, 3.05) is 0 Å². The van der Waals surface area contributed by atoms with Crippen LogP contribution in [0.5, 0.6) is 6.01 Å². The molecule has 0 unspecified atom stereocenters. The lowest BCUT2D eigenvalue weighted by molar-refractivity contribution is 0.279. The highest BCUT2D eigenvalue weighted by Crippen LogP contribution is 2.01. The Bertz CT molecular complexity index is 346. The fourth-order valence-electron chi connectivity index (χ4n) is 0.877. The first-order chi connectivity index (χ1) is 6.45. The van der Waals surface area contributed by atoms with Crippen molar-refractivity contribution >= 4 is 0 Å². The normalized spacial score (nSPS) is 9.85. The summed E-state index contributed by atoms with van der Waals surface area (Å²) in [5, 5.41) is 0. The summed E-state index contributed by atoms with van der Waals surface area (Å²) in [6.45, 7) is 0.376. The lowest BCUT2D eigenvalue weighted by Gasteiger charge is -1.99. The van der Waals surface area contributed by atoms with E-state index in [0.29, 0.717) is 12.6 Å². The van der Waals surface area contributed by atoms with Crippen LogP contribution in [0.25, 0.3) is 0 Å². The Balaban J connectivity index is 1.94. The summed E-state index contributed by atoms with van der Waals surface area (Å²) in [5.41, 5.74) is 0.777. The lowest BCUT2D eigenvalue weighted by atomic mass is 10.5. The summed E-state index contributed by atoms with van der Waals surface area (Å²) >= 11 is 0. The van der Waals surface area contributed by atoms with Gasteiger partial charge in [-0.2, -0.15) is 0 Å². The molecule has 0 radical (unpaired) electrons. The van der Waals surface area contributed by atoms with Gasteiger partial charge in [0.15, 0.2) is 0 Å². The number of hydrogen-bond donors (Lipinski definition) is 1. The number of imidazole rings is 1. The molecule has 0 saturated heterocycles. The van der Waals surface area contributed by atoms with E-state index in [1.165, 1.54) is 0 Å². The minimum atomic E-state index is 0.376. The summed E-state index contributed by atoms with van der Waals surface area (Å²) in [5.74, 6) is 0. The summed E-state index contributed by atoms with van der Waals surface area (Å²) in [6, 6.07) is 0.491. The highest BCUT2D eigenvalue weighted by molar-refractivity contribution is 4.97. The molecular formula is C8H8N4O. The van der Waals surface area contributed by atoms with Gasteiger partial charge < -0.3 is 9.72 Å². The number of ether oxygens (including phenoxy) is 1. The van der Waals surface area contributed by atoms with Crippen LogP contribution in [0, 0.1) is 0 Å². The maximum atomic E-state index is 5.26. The molecule has 2 rings (SSSR count). The van der Waals surface area contributed by atoms with Crippen molar-refractivity contribution in [3.63, 3.8) is 0 Å². The number of H-pyrrole nitrogens is 1. The maximum absolute atomic E-state index is 5.26. The number of hydrogen-bond acceptors (Lipinski definition) is 4. The summed E-state index contributed by atoms with van der Waals surface area (Å²) < 4.78 is 5.26. The number of rotatable bonds is 3. The molecular weight excluding hydrogens is 168 g/mol. The Morgan fingerprint density at radius 2 is 2.23 bits per heavy atom. The molecule has 2 heterocycles. The molecule has 0 atom stereocenters. The van der Waals surface area contributed by atoms with E-state index in [-0.39, 0.29) is 0 Å². The summed E-state index contributed by atoms with van der Waals surface area (Å²) in [4.78, 5) is 14.7. The van der Waals surface area contributed by atoms with Crippen molar-refractivity contribution in [1.29, 1.82) is 0 Å². The smallest absolute Gasteiger partial charge is 0.293 e. The van der Waals surface area contributed by atoms with E-state index >= 15 is 0 Å². The van der Waals surface area contributed by atoms with Crippen LogP contribution >= 0.6 is 0 Å². The van der Waals surface area contributed by atoms with Gasteiger partial charge in [-0.15, -0.1) is 0 Å². The number of nitrogens with zero attached hydrogens (tertiary/aromatic N) is 3. The quantitative estimate of drug-likeness (QED) is 0.750. The number of aromatic nitrogens is 4. The zero-order chi connectivity index (χ0) is 8.93. The third-order valence-electron chi connectivity index (χ3n) is 1.45. The van der Waals surface area contributed by atoms with Crippen LogP contribution in [-0.4, -0.2) is 19.9 Å². The van der Waals surface area contributed by atoms with Gasteiger partial charge in [0.2, 0.25) is 0 Å². The van der Waals surface area contributed by atoms with Gasteiger partial charge in [-0.1, -0.05) is 0 Å². The fourth-order valence-corrected chi connectivity index (χ4v) is 0.877. The largest absolute Gasteiger partial charge is 0.458 e. The van der Waals surface area contributed by atoms with Crippen molar-refractivity contribution in [3.8, 4) is 6.01 Å². The van der Waals surface area contributed by atoms with Gasteiger partial charge in [0.25, 0.3) is 6.01 Å². The van der Waals surface area contributed by atoms with Crippen LogP contribution in [0.4, 0.5) is 0 Å². The summed E-state index contributed by atoms with van der Waals surface area (Å²) in [6.07, 6.45) is 8.23. The minimum absolute atomic E-state index is 0.376. The Kier molecular flexibility index (Phi) is 2.18. The molecule has 5 heteroatoms. The first-order valence-corrected chi connectivity index (χ1v) is 3.82. The summed E-state index contributed by atoms with van der Waals surface area (Å²) in [7, 11) is 0. The molecule has 0 aliphatic heterocycles. The number of aromatic amines is 1. The van der Waals surface area contributed by atoms with Crippen molar-refractivity contribution in [2.45, 2.75) is 6.61 Å². The SMILES string of the molecule is c1cnc(COc2ncc[nH]2)cn1. The average Bonchev–Trinajstić information content (AvgIpc) is 2.69. The average molecular weight is 176 g/mol. The van der Waals surface area contributed by atoms with Crippen LogP contribution in [-0.2, 0) is 6.61 Å². The maximum Gasteiger partial charge on any atom is 0.293 e. The van der Waals surface area contributed by atoms with Gasteiger partial charge in [-0.3, -0.25) is 9.97 Å². The molecule has 0 fully saturated rings. The van der Waals surface area contributed by atoms with Crippen LogP contribution in [0.1, 0.15) is 5.69 Å². The zero-order valence-electron chi connectivity index (χ0n) is 6.84. The zero-order valence-corrected chi connectivity index (χ0v) is 6.84. The van der Waals surface area contributed by atoms with Gasteiger partial charge >= 0.3 is 0 Å². The molecule has 2 aromatic rings. The minimum Gasteiger partial charge on any atom is -0.458 e. The molecule has 0 bridgehead atoms. The van der Waals surface area contributed by atoms with E-state index < -0.39 is 0 Å². The second kappa shape index (κ2) is 3.66. The highest BCUT2D eigenvalue weighted by Gasteiger charge is 1.96. The van der Waals surface area contributed by atoms with Crippen LogP contribution in [0.2, 0.25) is 0 Å². The van der Waals surface area contributed by atoms with Gasteiger partial charge in [0.05, 0.1) is 11.9 Å². The first kappa shape index (κ1) is 7.72. The standard InChI is InChI=1S/C8H8N4O/c1-2-10-7(5-9-1)6-13-8-11-3-4-12-8/h1-5H,6H2,(H,11,12). The van der Waals surface area contributed by atoms with Gasteiger partial charge in [0.1, 0.15) is 6.61 Å². The topological polar surface area (TPSA) is 63.7 Å². The van der Waals surface area contributed by atoms with Crippen molar-refractivity contribution in [2.24, 2.45) is 0 Å². The van der Waals surface area contributed by atoms with E-state index in [0.717, 1.165) is 5.69 Å². The van der Waals surface area contributed by atoms with Crippen LogP contribution in [0.3, 0.4) is 0 Å². The molecule has 0 aliphatic carbocycles. The van der Waals surface area contributed by atoms with E-state index in [9.17, 15) is 0 Å². The second-order valence-corrected chi connectivity index (χ2v) is 2.38. The monoisotopic (exact) mass is 176 g/mol. The molecule has 0 spiro atoms. The third-order valence-corrected chi connectivity index (χ3v) is 1.45. The van der Waals surface area contributed by atoms with Crippen LogP contribution in [0.15, 0.2) is 31.0 Å². The predicted octanol–water partition coefficient (Wildman–Crippen LogP) is 0.779. The van der Waals surface area contributed by atoms with Crippen molar-refractivity contribution in [3.05, 3.63) is 36.7 Å². The molecule has 2 aromatic heterocycles. The van der Waals surface area contributed by atoms with Gasteiger partial charge in [-0.25, -0.2) is 4.98 Å². The molecule has 1 N–H and O–H groups in total. The Labute approximate surface area is 74.8 Å². The molecule has 0 aromatic carbocycles. The van der Waals surface area contributed by atoms with E-state index in [1.54, 1.807) is 31.0 Å². The number of nitrogens with one attached hydrogen (secondary N) is 1. The Hall–Kier alpha value is -1.91. The van der Waals surface area contributed by atoms with E-state index in [4.69, 9.17) is 4.74 Å². The molecule has 13 heavy (non-hydrogen) atoms. The molecule has 0 aliphatic rings. The van der Waals surface area contributed by atoms with Crippen molar-refractivity contribution in [1.82, 2.24) is 19.9 Å². The van der Waals surface area contributed by atoms with E-state index in [2.05, 4.69) is 19.9 Å². The second-order valence-electron chi connectivity index (χ2n) is 2.38. The fraction of sp³-hybridized carbons (Fsp3) is 0.125. The third kappa shape index (κ3) is 2.02. The van der Waals surface area contributed by atoms with Gasteiger partial charge in [-0.05, 0) is 0 Å². The predicted molar refractivity (Wildman–Crippen MR) is 45.0 cm³/mol. The van der Waals surface area contributed by atoms with Crippen molar-refractivity contribution < 1.29 is 4.74 Å². The van der Waals surface area contributed by atoms with Gasteiger partial charge in [0, 0.05) is 24.8 Å². The lowest BCUT2D eigenvalue weighted by Crippen LogP contribution is -1.99. The Morgan fingerprint density at radius 1 is 1.23 bits per heavy atom. The first-order valence-electron chi connectivity index (χ1n) is 3.82. The molecule has 66 valence electrons. The Morgan fingerprint density at radius 3 is 2.92 bits per heavy atom. The highest BCUT2D eigenvalue weighted by atomic mass is 16.5. The molecule has 0 saturated carbocycles.